The number of nitrogens with one attached hydrogen (secondary N) is 1. The molecule has 0 radical (unpaired) electrons. The molecule has 86 valence electrons. The minimum atomic E-state index is -1.04. The van der Waals surface area contributed by atoms with Crippen LogP contribution in [0.4, 0.5) is 0 Å². The van der Waals surface area contributed by atoms with E-state index in [4.69, 9.17) is 10.8 Å². The number of aliphatic carboxylic acids is 1. The van der Waals surface area contributed by atoms with Crippen molar-refractivity contribution in [2.45, 2.75) is 25.4 Å². The number of carbonyl (C=O) groups is 2. The Morgan fingerprint density at radius 1 is 1.73 bits per heavy atom. The summed E-state index contributed by atoms with van der Waals surface area (Å²) >= 11 is 0. The van der Waals surface area contributed by atoms with Crippen LogP contribution in [0.3, 0.4) is 0 Å². The van der Waals surface area contributed by atoms with Crippen LogP contribution in [-0.2, 0) is 9.59 Å². The molecule has 1 rings (SSSR count). The monoisotopic (exact) mass is 215 g/mol. The molecule has 0 aromatic carbocycles. The number of carboxylic acid groups (broad SMARTS) is 1. The maximum atomic E-state index is 11.5. The number of rotatable bonds is 3. The third-order valence-electron chi connectivity index (χ3n) is 2.75. The van der Waals surface area contributed by atoms with Crippen molar-refractivity contribution in [3.63, 3.8) is 0 Å². The largest absolute Gasteiger partial charge is 0.480 e. The Kier molecular flexibility index (Phi) is 3.31. The SMILES string of the molecule is CC1(C)C(=O)NCCN1CC(N)C(=O)O. The highest BCUT2D eigenvalue weighted by Gasteiger charge is 2.38. The summed E-state index contributed by atoms with van der Waals surface area (Å²) in [5.74, 6) is -1.14. The molecule has 4 N–H and O–H groups in total. The van der Waals surface area contributed by atoms with Crippen LogP contribution in [-0.4, -0.2) is 53.1 Å². The predicted molar refractivity (Wildman–Crippen MR) is 54.3 cm³/mol. The van der Waals surface area contributed by atoms with Crippen LogP contribution in [0.1, 0.15) is 13.8 Å². The Balaban J connectivity index is 2.68. The van der Waals surface area contributed by atoms with Gasteiger partial charge in [-0.05, 0) is 13.8 Å². The Morgan fingerprint density at radius 3 is 2.87 bits per heavy atom. The van der Waals surface area contributed by atoms with Gasteiger partial charge in [-0.15, -0.1) is 0 Å². The van der Waals surface area contributed by atoms with Gasteiger partial charge in [-0.2, -0.15) is 0 Å². The van der Waals surface area contributed by atoms with Crippen molar-refractivity contribution < 1.29 is 14.7 Å². The molecule has 1 fully saturated rings. The van der Waals surface area contributed by atoms with Crippen molar-refractivity contribution in [1.82, 2.24) is 10.2 Å². The van der Waals surface area contributed by atoms with Crippen molar-refractivity contribution in [1.29, 1.82) is 0 Å². The summed E-state index contributed by atoms with van der Waals surface area (Å²) in [4.78, 5) is 23.9. The molecule has 0 saturated carbocycles. The lowest BCUT2D eigenvalue weighted by atomic mass is 9.98. The van der Waals surface area contributed by atoms with Crippen LogP contribution >= 0.6 is 0 Å². The molecule has 1 aliphatic rings. The lowest BCUT2D eigenvalue weighted by Crippen LogP contribution is -2.64. The molecule has 1 amide bonds. The first-order valence-electron chi connectivity index (χ1n) is 4.87. The molecule has 0 aromatic rings. The van der Waals surface area contributed by atoms with E-state index in [0.717, 1.165) is 0 Å². The van der Waals surface area contributed by atoms with Crippen LogP contribution in [0, 0.1) is 0 Å². The highest BCUT2D eigenvalue weighted by Crippen LogP contribution is 2.17. The fourth-order valence-electron chi connectivity index (χ4n) is 1.58. The molecule has 6 heteroatoms. The van der Waals surface area contributed by atoms with Crippen molar-refractivity contribution in [3.05, 3.63) is 0 Å². The number of amides is 1. The van der Waals surface area contributed by atoms with Crippen molar-refractivity contribution in [2.75, 3.05) is 19.6 Å². The number of hydrogen-bond donors (Lipinski definition) is 3. The molecule has 0 bridgehead atoms. The Labute approximate surface area is 88.4 Å². The minimum Gasteiger partial charge on any atom is -0.480 e. The second-order valence-corrected chi connectivity index (χ2v) is 4.21. The van der Waals surface area contributed by atoms with Gasteiger partial charge < -0.3 is 16.2 Å². The zero-order valence-electron chi connectivity index (χ0n) is 8.99. The predicted octanol–water partition coefficient (Wildman–Crippen LogP) is -1.39. The molecule has 1 saturated heterocycles. The number of hydrogen-bond acceptors (Lipinski definition) is 4. The van der Waals surface area contributed by atoms with Crippen molar-refractivity contribution in [2.24, 2.45) is 5.73 Å². The number of carbonyl (C=O) groups excluding carboxylic acids is 1. The highest BCUT2D eigenvalue weighted by atomic mass is 16.4. The summed E-state index contributed by atoms with van der Waals surface area (Å²) in [6.45, 7) is 4.87. The Morgan fingerprint density at radius 2 is 2.33 bits per heavy atom. The van der Waals surface area contributed by atoms with Crippen LogP contribution in [0.25, 0.3) is 0 Å². The van der Waals surface area contributed by atoms with E-state index in [1.165, 1.54) is 0 Å². The molecular weight excluding hydrogens is 198 g/mol. The van der Waals surface area contributed by atoms with E-state index in [2.05, 4.69) is 5.32 Å². The van der Waals surface area contributed by atoms with Crippen LogP contribution < -0.4 is 11.1 Å². The van der Waals surface area contributed by atoms with Crippen LogP contribution in [0.2, 0.25) is 0 Å². The van der Waals surface area contributed by atoms with Crippen LogP contribution in [0.5, 0.6) is 0 Å². The number of piperazine rings is 1. The van der Waals surface area contributed by atoms with Gasteiger partial charge in [0.05, 0.1) is 5.54 Å². The molecule has 0 spiro atoms. The van der Waals surface area contributed by atoms with Crippen LogP contribution in [0.15, 0.2) is 0 Å². The lowest BCUT2D eigenvalue weighted by molar-refractivity contribution is -0.142. The normalized spacial score (nSPS) is 23.3. The summed E-state index contributed by atoms with van der Waals surface area (Å²) < 4.78 is 0. The zero-order valence-corrected chi connectivity index (χ0v) is 8.99. The Hall–Kier alpha value is -1.14. The molecule has 15 heavy (non-hydrogen) atoms. The zero-order chi connectivity index (χ0) is 11.6. The summed E-state index contributed by atoms with van der Waals surface area (Å²) in [5, 5.41) is 11.4. The van der Waals surface area contributed by atoms with Crippen molar-refractivity contribution in [3.8, 4) is 0 Å². The summed E-state index contributed by atoms with van der Waals surface area (Å²) in [6, 6.07) is -0.949. The topological polar surface area (TPSA) is 95.7 Å². The molecule has 1 unspecified atom stereocenters. The maximum absolute atomic E-state index is 11.5. The second kappa shape index (κ2) is 4.16. The summed E-state index contributed by atoms with van der Waals surface area (Å²) in [6.07, 6.45) is 0. The average Bonchev–Trinajstić information content (AvgIpc) is 2.13. The van der Waals surface area contributed by atoms with Gasteiger partial charge in [0, 0.05) is 19.6 Å². The van der Waals surface area contributed by atoms with Crippen molar-refractivity contribution >= 4 is 11.9 Å². The van der Waals surface area contributed by atoms with Gasteiger partial charge in [0.15, 0.2) is 0 Å². The minimum absolute atomic E-state index is 0.0914. The Bertz CT molecular complexity index is 278. The quantitative estimate of drug-likeness (QED) is 0.538. The molecule has 1 atom stereocenters. The third-order valence-corrected chi connectivity index (χ3v) is 2.75. The first kappa shape index (κ1) is 11.9. The number of carboxylic acids is 1. The van der Waals surface area contributed by atoms with Gasteiger partial charge in [0.25, 0.3) is 0 Å². The fourth-order valence-corrected chi connectivity index (χ4v) is 1.58. The molecule has 1 heterocycles. The van der Waals surface area contributed by atoms with Gasteiger partial charge in [0.1, 0.15) is 6.04 Å². The van der Waals surface area contributed by atoms with E-state index in [1.54, 1.807) is 18.7 Å². The first-order valence-corrected chi connectivity index (χ1v) is 4.87. The second-order valence-electron chi connectivity index (χ2n) is 4.21. The van der Waals surface area contributed by atoms with E-state index in [-0.39, 0.29) is 12.5 Å². The third kappa shape index (κ3) is 2.45. The number of nitrogens with two attached hydrogens (primary N) is 1. The summed E-state index contributed by atoms with van der Waals surface area (Å²) in [7, 11) is 0. The van der Waals surface area contributed by atoms with E-state index < -0.39 is 17.6 Å². The highest BCUT2D eigenvalue weighted by molar-refractivity contribution is 5.86. The van der Waals surface area contributed by atoms with Gasteiger partial charge in [-0.25, -0.2) is 0 Å². The first-order chi connectivity index (χ1) is 6.85. The van der Waals surface area contributed by atoms with Gasteiger partial charge in [-0.1, -0.05) is 0 Å². The van der Waals surface area contributed by atoms with Gasteiger partial charge >= 0.3 is 5.97 Å². The number of nitrogens with zero attached hydrogens (tertiary/aromatic N) is 1. The van der Waals surface area contributed by atoms with E-state index in [9.17, 15) is 9.59 Å². The summed E-state index contributed by atoms with van der Waals surface area (Å²) in [5.41, 5.74) is 4.75. The van der Waals surface area contributed by atoms with E-state index >= 15 is 0 Å². The smallest absolute Gasteiger partial charge is 0.321 e. The maximum Gasteiger partial charge on any atom is 0.321 e. The molecular formula is C9H17N3O3. The molecule has 6 nitrogen and oxygen atoms in total. The van der Waals surface area contributed by atoms with Gasteiger partial charge in [0.2, 0.25) is 5.91 Å². The fraction of sp³-hybridized carbons (Fsp3) is 0.778. The molecule has 0 aliphatic carbocycles. The van der Waals surface area contributed by atoms with Gasteiger partial charge in [-0.3, -0.25) is 14.5 Å². The standard InChI is InChI=1S/C9H17N3O3/c1-9(2)8(15)11-3-4-12(9)5-6(10)7(13)14/h6H,3-5,10H2,1-2H3,(H,11,15)(H,13,14). The van der Waals surface area contributed by atoms with E-state index in [1.807, 2.05) is 0 Å². The molecule has 1 aliphatic heterocycles. The lowest BCUT2D eigenvalue weighted by Gasteiger charge is -2.41. The average molecular weight is 215 g/mol. The van der Waals surface area contributed by atoms with E-state index in [0.29, 0.717) is 13.1 Å². The molecule has 0 aromatic heterocycles.